The minimum Gasteiger partial charge on any atom is -0.373 e. The van der Waals surface area contributed by atoms with Gasteiger partial charge >= 0.3 is 0 Å². The van der Waals surface area contributed by atoms with Crippen LogP contribution in [-0.2, 0) is 0 Å². The number of thioether (sulfide) groups is 1. The summed E-state index contributed by atoms with van der Waals surface area (Å²) in [5.74, 6) is 1.17. The third-order valence-corrected chi connectivity index (χ3v) is 5.76. The van der Waals surface area contributed by atoms with Crippen LogP contribution in [0.5, 0.6) is 0 Å². The van der Waals surface area contributed by atoms with Crippen molar-refractivity contribution in [2.75, 3.05) is 43.9 Å². The highest BCUT2D eigenvalue weighted by Gasteiger charge is 2.23. The number of rotatable bonds is 4. The second kappa shape index (κ2) is 6.92. The van der Waals surface area contributed by atoms with Gasteiger partial charge in [0.15, 0.2) is 0 Å². The van der Waals surface area contributed by atoms with Crippen molar-refractivity contribution in [3.8, 4) is 0 Å². The van der Waals surface area contributed by atoms with Gasteiger partial charge in [0.2, 0.25) is 0 Å². The van der Waals surface area contributed by atoms with Gasteiger partial charge in [-0.3, -0.25) is 9.69 Å². The number of likely N-dealkylation sites (N-methyl/N-ethyl adjacent to an activating group) is 1. The van der Waals surface area contributed by atoms with E-state index >= 15 is 0 Å². The third kappa shape index (κ3) is 3.25. The lowest BCUT2D eigenvalue weighted by molar-refractivity contribution is 0.0941. The predicted molar refractivity (Wildman–Crippen MR) is 93.0 cm³/mol. The number of hydrogen-bond acceptors (Lipinski definition) is 4. The van der Waals surface area contributed by atoms with E-state index in [9.17, 15) is 4.79 Å². The van der Waals surface area contributed by atoms with Crippen LogP contribution >= 0.6 is 11.8 Å². The summed E-state index contributed by atoms with van der Waals surface area (Å²) in [4.78, 5) is 18.4. The van der Waals surface area contributed by atoms with Crippen molar-refractivity contribution < 1.29 is 4.79 Å². The zero-order valence-electron chi connectivity index (χ0n) is 13.5. The molecule has 120 valence electrons. The highest BCUT2D eigenvalue weighted by Crippen LogP contribution is 2.34. The van der Waals surface area contributed by atoms with Crippen LogP contribution in [0.3, 0.4) is 0 Å². The maximum absolute atomic E-state index is 12.4. The molecule has 4 nitrogen and oxygen atoms in total. The molecule has 1 saturated heterocycles. The molecular weight excluding hydrogens is 294 g/mol. The first-order valence-electron chi connectivity index (χ1n) is 8.19. The number of nitrogens with zero attached hydrogens (tertiary/aromatic N) is 2. The molecule has 2 aliphatic rings. The first-order valence-corrected chi connectivity index (χ1v) is 9.18. The number of amides is 1. The molecule has 2 heterocycles. The van der Waals surface area contributed by atoms with Crippen molar-refractivity contribution in [2.24, 2.45) is 0 Å². The second-order valence-corrected chi connectivity index (χ2v) is 7.22. The molecule has 1 atom stereocenters. The van der Waals surface area contributed by atoms with E-state index in [1.165, 1.54) is 23.4 Å². The van der Waals surface area contributed by atoms with E-state index in [-0.39, 0.29) is 5.91 Å². The van der Waals surface area contributed by atoms with E-state index in [0.717, 1.165) is 37.5 Å². The summed E-state index contributed by atoms with van der Waals surface area (Å²) in [6.07, 6.45) is 2.44. The Morgan fingerprint density at radius 3 is 3.09 bits per heavy atom. The average Bonchev–Trinajstić information content (AvgIpc) is 3.00. The molecule has 0 saturated carbocycles. The van der Waals surface area contributed by atoms with Crippen molar-refractivity contribution in [1.82, 2.24) is 10.2 Å². The highest BCUT2D eigenvalue weighted by molar-refractivity contribution is 7.99. The molecule has 1 aromatic rings. The van der Waals surface area contributed by atoms with Crippen LogP contribution in [0, 0.1) is 0 Å². The zero-order valence-corrected chi connectivity index (χ0v) is 14.3. The van der Waals surface area contributed by atoms with Gasteiger partial charge in [-0.25, -0.2) is 0 Å². The first-order chi connectivity index (χ1) is 10.7. The molecule has 22 heavy (non-hydrogen) atoms. The quantitative estimate of drug-likeness (QED) is 0.925. The standard InChI is InChI=1S/C17H25N3OS/c1-3-20-8-4-5-14(20)12-18-17(21)13-6-7-16-15(11-13)19(2)9-10-22-16/h6-7,11,14H,3-5,8-10,12H2,1-2H3,(H,18,21). The lowest BCUT2D eigenvalue weighted by Crippen LogP contribution is -2.40. The Morgan fingerprint density at radius 2 is 2.27 bits per heavy atom. The Kier molecular flexibility index (Phi) is 4.93. The van der Waals surface area contributed by atoms with Gasteiger partial charge in [0.25, 0.3) is 5.91 Å². The molecule has 0 aliphatic carbocycles. The number of benzene rings is 1. The van der Waals surface area contributed by atoms with Crippen LogP contribution in [0.25, 0.3) is 0 Å². The first kappa shape index (κ1) is 15.7. The molecule has 5 heteroatoms. The molecule has 2 aliphatic heterocycles. The van der Waals surface area contributed by atoms with Crippen molar-refractivity contribution in [3.05, 3.63) is 23.8 Å². The molecule has 1 N–H and O–H groups in total. The summed E-state index contributed by atoms with van der Waals surface area (Å²) >= 11 is 1.87. The number of carbonyl (C=O) groups excluding carboxylic acids is 1. The lowest BCUT2D eigenvalue weighted by Gasteiger charge is -2.27. The van der Waals surface area contributed by atoms with Crippen LogP contribution in [0.1, 0.15) is 30.1 Å². The van der Waals surface area contributed by atoms with Crippen LogP contribution in [0.4, 0.5) is 5.69 Å². The average molecular weight is 319 g/mol. The topological polar surface area (TPSA) is 35.6 Å². The molecule has 3 rings (SSSR count). The number of anilines is 1. The van der Waals surface area contributed by atoms with Crippen LogP contribution in [0.15, 0.2) is 23.1 Å². The molecule has 1 unspecified atom stereocenters. The normalized spacial score (nSPS) is 21.7. The fourth-order valence-electron chi connectivity index (χ4n) is 3.35. The summed E-state index contributed by atoms with van der Waals surface area (Å²) in [5, 5.41) is 3.12. The highest BCUT2D eigenvalue weighted by atomic mass is 32.2. The molecule has 1 fully saturated rings. The molecule has 0 bridgehead atoms. The van der Waals surface area contributed by atoms with Crippen molar-refractivity contribution in [2.45, 2.75) is 30.7 Å². The maximum atomic E-state index is 12.4. The Morgan fingerprint density at radius 1 is 1.41 bits per heavy atom. The summed E-state index contributed by atoms with van der Waals surface area (Å²) in [7, 11) is 2.10. The number of likely N-dealkylation sites (tertiary alicyclic amines) is 1. The third-order valence-electron chi connectivity index (χ3n) is 4.72. The van der Waals surface area contributed by atoms with Gasteiger partial charge in [0.05, 0.1) is 5.69 Å². The van der Waals surface area contributed by atoms with Gasteiger partial charge in [-0.15, -0.1) is 11.8 Å². The van der Waals surface area contributed by atoms with E-state index in [2.05, 4.69) is 35.2 Å². The van der Waals surface area contributed by atoms with Gasteiger partial charge in [-0.1, -0.05) is 6.92 Å². The SMILES string of the molecule is CCN1CCCC1CNC(=O)c1ccc2c(c1)N(C)CCS2. The summed E-state index contributed by atoms with van der Waals surface area (Å²) in [6, 6.07) is 6.57. The molecular formula is C17H25N3OS. The molecule has 0 aromatic heterocycles. The van der Waals surface area contributed by atoms with Crippen molar-refractivity contribution in [3.63, 3.8) is 0 Å². The van der Waals surface area contributed by atoms with Crippen molar-refractivity contribution in [1.29, 1.82) is 0 Å². The minimum atomic E-state index is 0.0507. The van der Waals surface area contributed by atoms with E-state index in [1.807, 2.05) is 23.9 Å². The zero-order chi connectivity index (χ0) is 15.5. The summed E-state index contributed by atoms with van der Waals surface area (Å²) in [6.45, 7) is 6.22. The smallest absolute Gasteiger partial charge is 0.251 e. The van der Waals surface area contributed by atoms with Crippen molar-refractivity contribution >= 4 is 23.4 Å². The van der Waals surface area contributed by atoms with E-state index in [1.54, 1.807) is 0 Å². The van der Waals surface area contributed by atoms with Gasteiger partial charge in [-0.05, 0) is 44.1 Å². The predicted octanol–water partition coefficient (Wildman–Crippen LogP) is 2.44. The second-order valence-electron chi connectivity index (χ2n) is 6.09. The van der Waals surface area contributed by atoms with Gasteiger partial charge in [0, 0.05) is 42.4 Å². The van der Waals surface area contributed by atoms with Gasteiger partial charge < -0.3 is 10.2 Å². The van der Waals surface area contributed by atoms with E-state index in [4.69, 9.17) is 0 Å². The molecule has 1 aromatic carbocycles. The minimum absolute atomic E-state index is 0.0507. The van der Waals surface area contributed by atoms with Gasteiger partial charge in [0.1, 0.15) is 0 Å². The summed E-state index contributed by atoms with van der Waals surface area (Å²) < 4.78 is 0. The van der Waals surface area contributed by atoms with Crippen LogP contribution < -0.4 is 10.2 Å². The molecule has 0 spiro atoms. The maximum Gasteiger partial charge on any atom is 0.251 e. The Hall–Kier alpha value is -1.20. The van der Waals surface area contributed by atoms with Crippen LogP contribution in [-0.4, -0.2) is 55.8 Å². The van der Waals surface area contributed by atoms with Gasteiger partial charge in [-0.2, -0.15) is 0 Å². The van der Waals surface area contributed by atoms with Crippen LogP contribution in [0.2, 0.25) is 0 Å². The summed E-state index contributed by atoms with van der Waals surface area (Å²) in [5.41, 5.74) is 1.95. The largest absolute Gasteiger partial charge is 0.373 e. The fourth-order valence-corrected chi connectivity index (χ4v) is 4.46. The molecule has 1 amide bonds. The Bertz CT molecular complexity index is 549. The fraction of sp³-hybridized carbons (Fsp3) is 0.588. The Balaban J connectivity index is 1.64. The monoisotopic (exact) mass is 319 g/mol. The number of nitrogens with one attached hydrogen (secondary N) is 1. The van der Waals surface area contributed by atoms with E-state index in [0.29, 0.717) is 6.04 Å². The number of carbonyl (C=O) groups is 1. The number of fused-ring (bicyclic) bond motifs is 1. The van der Waals surface area contributed by atoms with E-state index < -0.39 is 0 Å². The molecule has 0 radical (unpaired) electrons. The number of hydrogen-bond donors (Lipinski definition) is 1. The Labute approximate surface area is 137 Å². The lowest BCUT2D eigenvalue weighted by atomic mass is 10.1.